The SMILES string of the molecule is Cc1ccc(S(=O)(=O)NCC(=O)OCc2cc(=O)oc3c(C)c(C)ccc23)cc1C. The zero-order valence-corrected chi connectivity index (χ0v) is 18.1. The van der Waals surface area contributed by atoms with E-state index in [9.17, 15) is 18.0 Å². The van der Waals surface area contributed by atoms with Crippen molar-refractivity contribution in [1.82, 2.24) is 4.72 Å². The monoisotopic (exact) mass is 429 g/mol. The van der Waals surface area contributed by atoms with Crippen LogP contribution in [0.15, 0.2) is 50.5 Å². The quantitative estimate of drug-likeness (QED) is 0.477. The Kier molecular flexibility index (Phi) is 6.09. The Balaban J connectivity index is 1.70. The molecule has 0 spiro atoms. The van der Waals surface area contributed by atoms with Crippen LogP contribution >= 0.6 is 0 Å². The fraction of sp³-hybridized carbons (Fsp3) is 0.273. The van der Waals surface area contributed by atoms with Crippen LogP contribution in [0, 0.1) is 27.7 Å². The maximum Gasteiger partial charge on any atom is 0.336 e. The van der Waals surface area contributed by atoms with Gasteiger partial charge in [-0.3, -0.25) is 4.79 Å². The van der Waals surface area contributed by atoms with Crippen molar-refractivity contribution >= 4 is 27.0 Å². The molecular formula is C22H23NO6S. The predicted octanol–water partition coefficient (Wildman–Crippen LogP) is 3.05. The van der Waals surface area contributed by atoms with Crippen molar-refractivity contribution in [3.63, 3.8) is 0 Å². The molecule has 8 heteroatoms. The van der Waals surface area contributed by atoms with E-state index in [2.05, 4.69) is 4.72 Å². The molecule has 0 radical (unpaired) electrons. The molecule has 3 rings (SSSR count). The summed E-state index contributed by atoms with van der Waals surface area (Å²) < 4.78 is 37.5. The second-order valence-electron chi connectivity index (χ2n) is 7.21. The van der Waals surface area contributed by atoms with E-state index in [0.29, 0.717) is 16.5 Å². The molecule has 30 heavy (non-hydrogen) atoms. The van der Waals surface area contributed by atoms with Gasteiger partial charge in [-0.15, -0.1) is 0 Å². The smallest absolute Gasteiger partial charge is 0.336 e. The average Bonchev–Trinajstić information content (AvgIpc) is 2.69. The highest BCUT2D eigenvalue weighted by Gasteiger charge is 2.17. The van der Waals surface area contributed by atoms with Crippen LogP contribution in [-0.4, -0.2) is 20.9 Å². The van der Waals surface area contributed by atoms with Gasteiger partial charge in [0.2, 0.25) is 10.0 Å². The van der Waals surface area contributed by atoms with Crippen molar-refractivity contribution in [3.8, 4) is 0 Å². The van der Waals surface area contributed by atoms with Gasteiger partial charge in [-0.25, -0.2) is 13.2 Å². The summed E-state index contributed by atoms with van der Waals surface area (Å²) in [5, 5.41) is 0.668. The summed E-state index contributed by atoms with van der Waals surface area (Å²) in [6, 6.07) is 9.69. The number of fused-ring (bicyclic) bond motifs is 1. The van der Waals surface area contributed by atoms with Crippen molar-refractivity contribution in [3.05, 3.63) is 74.6 Å². The number of ether oxygens (including phenoxy) is 1. The van der Waals surface area contributed by atoms with Gasteiger partial charge in [0.15, 0.2) is 0 Å². The Hall–Kier alpha value is -2.97. The first-order valence-electron chi connectivity index (χ1n) is 9.34. The van der Waals surface area contributed by atoms with Gasteiger partial charge in [0.05, 0.1) is 4.90 Å². The Morgan fingerprint density at radius 3 is 2.40 bits per heavy atom. The Morgan fingerprint density at radius 2 is 1.70 bits per heavy atom. The molecule has 0 aliphatic carbocycles. The standard InChI is InChI=1S/C22H23NO6S/c1-13-5-7-18(9-15(13)3)30(26,27)23-11-21(25)28-12-17-10-20(24)29-22-16(4)14(2)6-8-19(17)22/h5-10,23H,11-12H2,1-4H3. The van der Waals surface area contributed by atoms with Crippen molar-refractivity contribution in [2.45, 2.75) is 39.2 Å². The summed E-state index contributed by atoms with van der Waals surface area (Å²) in [5.41, 5.74) is 4.01. The molecule has 0 fully saturated rings. The van der Waals surface area contributed by atoms with Crippen LogP contribution in [0.25, 0.3) is 11.0 Å². The van der Waals surface area contributed by atoms with E-state index < -0.39 is 28.2 Å². The van der Waals surface area contributed by atoms with E-state index in [-0.39, 0.29) is 11.5 Å². The van der Waals surface area contributed by atoms with E-state index >= 15 is 0 Å². The molecule has 158 valence electrons. The van der Waals surface area contributed by atoms with E-state index in [0.717, 1.165) is 22.3 Å². The topological polar surface area (TPSA) is 103 Å². The molecule has 1 aromatic heterocycles. The highest BCUT2D eigenvalue weighted by atomic mass is 32.2. The zero-order chi connectivity index (χ0) is 22.1. The van der Waals surface area contributed by atoms with Crippen LogP contribution in [-0.2, 0) is 26.2 Å². The number of carbonyl (C=O) groups excluding carboxylic acids is 1. The van der Waals surface area contributed by atoms with Crippen LogP contribution in [0.4, 0.5) is 0 Å². The second kappa shape index (κ2) is 8.41. The maximum absolute atomic E-state index is 12.4. The van der Waals surface area contributed by atoms with Gasteiger partial charge in [-0.2, -0.15) is 4.72 Å². The molecule has 7 nitrogen and oxygen atoms in total. The van der Waals surface area contributed by atoms with E-state index in [1.54, 1.807) is 18.2 Å². The summed E-state index contributed by atoms with van der Waals surface area (Å²) in [5.74, 6) is -0.757. The normalized spacial score (nSPS) is 11.6. The van der Waals surface area contributed by atoms with E-state index in [4.69, 9.17) is 9.15 Å². The summed E-state index contributed by atoms with van der Waals surface area (Å²) in [7, 11) is -3.85. The molecule has 0 atom stereocenters. The van der Waals surface area contributed by atoms with Crippen molar-refractivity contribution in [2.24, 2.45) is 0 Å². The van der Waals surface area contributed by atoms with Crippen molar-refractivity contribution in [1.29, 1.82) is 0 Å². The minimum atomic E-state index is -3.85. The van der Waals surface area contributed by atoms with Gasteiger partial charge < -0.3 is 9.15 Å². The van der Waals surface area contributed by atoms with Crippen molar-refractivity contribution < 1.29 is 22.4 Å². The van der Waals surface area contributed by atoms with Crippen LogP contribution in [0.2, 0.25) is 0 Å². The molecule has 0 bridgehead atoms. The lowest BCUT2D eigenvalue weighted by atomic mass is 10.0. The number of aryl methyl sites for hydroxylation is 4. The van der Waals surface area contributed by atoms with E-state index in [1.807, 2.05) is 33.8 Å². The third-order valence-corrected chi connectivity index (χ3v) is 6.50. The minimum Gasteiger partial charge on any atom is -0.460 e. The first kappa shape index (κ1) is 21.7. The first-order chi connectivity index (χ1) is 14.1. The third kappa shape index (κ3) is 4.60. The van der Waals surface area contributed by atoms with E-state index in [1.165, 1.54) is 12.1 Å². The first-order valence-corrected chi connectivity index (χ1v) is 10.8. The summed E-state index contributed by atoms with van der Waals surface area (Å²) in [4.78, 5) is 24.1. The molecular weight excluding hydrogens is 406 g/mol. The van der Waals surface area contributed by atoms with Crippen LogP contribution in [0.3, 0.4) is 0 Å². The Bertz CT molecular complexity index is 1290. The lowest BCUT2D eigenvalue weighted by Crippen LogP contribution is -2.30. The number of esters is 1. The molecule has 0 saturated carbocycles. The molecule has 0 aliphatic heterocycles. The summed E-state index contributed by atoms with van der Waals surface area (Å²) in [6.45, 7) is 6.75. The summed E-state index contributed by atoms with van der Waals surface area (Å²) >= 11 is 0. The number of nitrogens with one attached hydrogen (secondary N) is 1. The molecule has 0 amide bonds. The Labute approximate surface area is 174 Å². The Morgan fingerprint density at radius 1 is 1.00 bits per heavy atom. The highest BCUT2D eigenvalue weighted by molar-refractivity contribution is 7.89. The minimum absolute atomic E-state index is 0.0795. The highest BCUT2D eigenvalue weighted by Crippen LogP contribution is 2.23. The lowest BCUT2D eigenvalue weighted by molar-refractivity contribution is -0.143. The zero-order valence-electron chi connectivity index (χ0n) is 17.2. The number of carbonyl (C=O) groups is 1. The van der Waals surface area contributed by atoms with Gasteiger partial charge in [0.25, 0.3) is 0 Å². The lowest BCUT2D eigenvalue weighted by Gasteiger charge is -2.11. The predicted molar refractivity (Wildman–Crippen MR) is 113 cm³/mol. The van der Waals surface area contributed by atoms with Crippen LogP contribution in [0.1, 0.15) is 27.8 Å². The number of benzene rings is 2. The molecule has 0 saturated heterocycles. The average molecular weight is 429 g/mol. The van der Waals surface area contributed by atoms with Crippen molar-refractivity contribution in [2.75, 3.05) is 6.54 Å². The molecule has 1 heterocycles. The van der Waals surface area contributed by atoms with Gasteiger partial charge in [0, 0.05) is 17.0 Å². The molecule has 2 aromatic carbocycles. The molecule has 0 unspecified atom stereocenters. The van der Waals surface area contributed by atoms with Gasteiger partial charge >= 0.3 is 11.6 Å². The molecule has 1 N–H and O–H groups in total. The number of hydrogen-bond acceptors (Lipinski definition) is 6. The fourth-order valence-corrected chi connectivity index (χ4v) is 4.03. The van der Waals surface area contributed by atoms with Gasteiger partial charge in [-0.1, -0.05) is 18.2 Å². The molecule has 0 aliphatic rings. The number of hydrogen-bond donors (Lipinski definition) is 1. The maximum atomic E-state index is 12.4. The van der Waals surface area contributed by atoms with Gasteiger partial charge in [0.1, 0.15) is 18.7 Å². The third-order valence-electron chi connectivity index (χ3n) is 5.10. The van der Waals surface area contributed by atoms with Crippen LogP contribution in [0.5, 0.6) is 0 Å². The number of rotatable bonds is 6. The molecule has 3 aromatic rings. The second-order valence-corrected chi connectivity index (χ2v) is 8.97. The van der Waals surface area contributed by atoms with Crippen LogP contribution < -0.4 is 10.3 Å². The van der Waals surface area contributed by atoms with Gasteiger partial charge in [-0.05, 0) is 62.1 Å². The largest absolute Gasteiger partial charge is 0.460 e. The summed E-state index contributed by atoms with van der Waals surface area (Å²) in [6.07, 6.45) is 0. The fourth-order valence-electron chi connectivity index (χ4n) is 2.97. The number of sulfonamides is 1.